The van der Waals surface area contributed by atoms with Crippen LogP contribution in [0.3, 0.4) is 0 Å². The predicted molar refractivity (Wildman–Crippen MR) is 99.7 cm³/mol. The van der Waals surface area contributed by atoms with E-state index in [0.717, 1.165) is 16.5 Å². The van der Waals surface area contributed by atoms with Gasteiger partial charge in [-0.05, 0) is 41.8 Å². The van der Waals surface area contributed by atoms with Gasteiger partial charge in [0.15, 0.2) is 0 Å². The van der Waals surface area contributed by atoms with Crippen LogP contribution in [0.25, 0.3) is 22.1 Å². The Labute approximate surface area is 150 Å². The summed E-state index contributed by atoms with van der Waals surface area (Å²) in [6.07, 6.45) is 2.06. The van der Waals surface area contributed by atoms with E-state index in [1.807, 2.05) is 24.3 Å². The number of hydrogen-bond acceptors (Lipinski definition) is 5. The molecule has 0 fully saturated rings. The van der Waals surface area contributed by atoms with E-state index in [1.54, 1.807) is 25.3 Å². The van der Waals surface area contributed by atoms with Gasteiger partial charge >= 0.3 is 11.6 Å². The first kappa shape index (κ1) is 17.5. The monoisotopic (exact) mass is 350 g/mol. The first-order chi connectivity index (χ1) is 12.5. The highest BCUT2D eigenvalue weighted by molar-refractivity contribution is 5.96. The van der Waals surface area contributed by atoms with Crippen molar-refractivity contribution in [1.29, 1.82) is 0 Å². The van der Waals surface area contributed by atoms with Crippen molar-refractivity contribution in [2.45, 2.75) is 13.3 Å². The van der Waals surface area contributed by atoms with Gasteiger partial charge in [-0.15, -0.1) is 6.58 Å². The number of ether oxygens (including phenoxy) is 2. The average molecular weight is 350 g/mol. The Morgan fingerprint density at radius 2 is 2.04 bits per heavy atom. The Morgan fingerprint density at radius 3 is 2.73 bits per heavy atom. The van der Waals surface area contributed by atoms with E-state index in [0.29, 0.717) is 29.1 Å². The molecule has 2 aromatic carbocycles. The molecule has 0 unspecified atom stereocenters. The highest BCUT2D eigenvalue weighted by Crippen LogP contribution is 2.35. The van der Waals surface area contributed by atoms with Gasteiger partial charge in [-0.1, -0.05) is 18.2 Å². The number of allylic oxidation sites excluding steroid dienone is 1. The minimum absolute atomic E-state index is 0.357. The Kier molecular flexibility index (Phi) is 4.89. The third kappa shape index (κ3) is 3.37. The van der Waals surface area contributed by atoms with Crippen molar-refractivity contribution >= 4 is 16.9 Å². The minimum Gasteiger partial charge on any atom is -0.497 e. The number of carbonyl (C=O) groups excluding carboxylic acids is 1. The van der Waals surface area contributed by atoms with Crippen molar-refractivity contribution < 1.29 is 18.7 Å². The second kappa shape index (κ2) is 7.27. The van der Waals surface area contributed by atoms with Crippen molar-refractivity contribution in [2.75, 3.05) is 7.11 Å². The Bertz CT molecular complexity index is 1050. The molecule has 5 heteroatoms. The van der Waals surface area contributed by atoms with E-state index in [4.69, 9.17) is 13.9 Å². The zero-order chi connectivity index (χ0) is 18.7. The topological polar surface area (TPSA) is 65.7 Å². The Hall–Kier alpha value is -3.34. The number of fused-ring (bicyclic) bond motifs is 1. The molecule has 0 atom stereocenters. The third-order valence-corrected chi connectivity index (χ3v) is 3.96. The molecule has 0 aliphatic heterocycles. The third-order valence-electron chi connectivity index (χ3n) is 3.96. The molecule has 26 heavy (non-hydrogen) atoms. The van der Waals surface area contributed by atoms with Crippen LogP contribution in [0.5, 0.6) is 11.5 Å². The number of hydrogen-bond donors (Lipinski definition) is 0. The molecule has 0 aliphatic carbocycles. The molecule has 0 radical (unpaired) electrons. The maximum Gasteiger partial charge on any atom is 0.336 e. The zero-order valence-corrected chi connectivity index (χ0v) is 14.6. The zero-order valence-electron chi connectivity index (χ0n) is 14.6. The van der Waals surface area contributed by atoms with Crippen LogP contribution in [0, 0.1) is 0 Å². The molecule has 3 rings (SSSR count). The Balaban J connectivity index is 2.32. The number of methoxy groups -OCH3 is 1. The van der Waals surface area contributed by atoms with E-state index < -0.39 is 11.6 Å². The quantitative estimate of drug-likeness (QED) is 0.300. The van der Waals surface area contributed by atoms with Gasteiger partial charge in [-0.2, -0.15) is 0 Å². The van der Waals surface area contributed by atoms with Gasteiger partial charge in [0, 0.05) is 23.9 Å². The molecular formula is C21H18O5. The van der Waals surface area contributed by atoms with Gasteiger partial charge in [0.1, 0.15) is 17.1 Å². The van der Waals surface area contributed by atoms with Crippen LogP contribution in [0.15, 0.2) is 64.3 Å². The molecule has 0 spiro atoms. The average Bonchev–Trinajstić information content (AvgIpc) is 2.63. The van der Waals surface area contributed by atoms with Crippen molar-refractivity contribution in [2.24, 2.45) is 0 Å². The molecule has 0 saturated heterocycles. The van der Waals surface area contributed by atoms with Crippen LogP contribution < -0.4 is 15.1 Å². The molecule has 0 aliphatic rings. The minimum atomic E-state index is -0.486. The van der Waals surface area contributed by atoms with Crippen molar-refractivity contribution in [3.8, 4) is 22.6 Å². The van der Waals surface area contributed by atoms with Gasteiger partial charge in [0.2, 0.25) is 0 Å². The van der Waals surface area contributed by atoms with Gasteiger partial charge in [0.25, 0.3) is 0 Å². The smallest absolute Gasteiger partial charge is 0.336 e. The summed E-state index contributed by atoms with van der Waals surface area (Å²) in [4.78, 5) is 23.6. The second-order valence-corrected chi connectivity index (χ2v) is 5.72. The van der Waals surface area contributed by atoms with E-state index >= 15 is 0 Å². The van der Waals surface area contributed by atoms with Crippen molar-refractivity contribution in [3.05, 3.63) is 71.1 Å². The normalized spacial score (nSPS) is 10.5. The maximum absolute atomic E-state index is 12.2. The van der Waals surface area contributed by atoms with Gasteiger partial charge < -0.3 is 13.9 Å². The fourth-order valence-corrected chi connectivity index (χ4v) is 2.88. The lowest BCUT2D eigenvalue weighted by Crippen LogP contribution is -2.06. The molecule has 0 bridgehead atoms. The van der Waals surface area contributed by atoms with Gasteiger partial charge in [-0.25, -0.2) is 4.79 Å². The van der Waals surface area contributed by atoms with E-state index in [-0.39, 0.29) is 0 Å². The highest BCUT2D eigenvalue weighted by Gasteiger charge is 2.16. The summed E-state index contributed by atoms with van der Waals surface area (Å²) in [6.45, 7) is 5.06. The predicted octanol–water partition coefficient (Wildman–Crippen LogP) is 4.12. The summed E-state index contributed by atoms with van der Waals surface area (Å²) >= 11 is 0. The molecule has 0 N–H and O–H groups in total. The lowest BCUT2D eigenvalue weighted by Gasteiger charge is -2.13. The molecule has 3 aromatic rings. The lowest BCUT2D eigenvalue weighted by atomic mass is 9.98. The number of carbonyl (C=O) groups is 1. The molecule has 1 aromatic heterocycles. The summed E-state index contributed by atoms with van der Waals surface area (Å²) in [5.41, 5.74) is 2.05. The van der Waals surface area contributed by atoms with E-state index in [1.165, 1.54) is 13.0 Å². The summed E-state index contributed by atoms with van der Waals surface area (Å²) < 4.78 is 16.0. The van der Waals surface area contributed by atoms with Crippen LogP contribution in [0.2, 0.25) is 0 Å². The molecule has 132 valence electrons. The van der Waals surface area contributed by atoms with Crippen molar-refractivity contribution in [1.82, 2.24) is 0 Å². The van der Waals surface area contributed by atoms with Crippen LogP contribution in [-0.4, -0.2) is 13.1 Å². The van der Waals surface area contributed by atoms with Gasteiger partial charge in [0.05, 0.1) is 7.11 Å². The van der Waals surface area contributed by atoms with Crippen LogP contribution in [0.4, 0.5) is 0 Å². The first-order valence-corrected chi connectivity index (χ1v) is 8.07. The number of rotatable bonds is 5. The maximum atomic E-state index is 12.2. The summed E-state index contributed by atoms with van der Waals surface area (Å²) in [5, 5.41) is 0.741. The lowest BCUT2D eigenvalue weighted by molar-refractivity contribution is -0.131. The fourth-order valence-electron chi connectivity index (χ4n) is 2.88. The van der Waals surface area contributed by atoms with Crippen molar-refractivity contribution in [3.63, 3.8) is 0 Å². The Morgan fingerprint density at radius 1 is 1.23 bits per heavy atom. The largest absolute Gasteiger partial charge is 0.497 e. The number of esters is 1. The molecular weight excluding hydrogens is 332 g/mol. The molecule has 1 heterocycles. The number of benzene rings is 2. The fraction of sp³-hybridized carbons (Fsp3) is 0.143. The molecule has 5 nitrogen and oxygen atoms in total. The van der Waals surface area contributed by atoms with Crippen LogP contribution in [0.1, 0.15) is 12.5 Å². The standard InChI is InChI=1S/C21H18O5/c1-4-6-17-19(25-13(2)22)10-9-16-18(12-20(23)26-21(16)17)14-7-5-8-15(11-14)24-3/h4-5,7-12H,1,6H2,2-3H3. The van der Waals surface area contributed by atoms with Gasteiger partial charge in [-0.3, -0.25) is 4.79 Å². The summed E-state index contributed by atoms with van der Waals surface area (Å²) in [6, 6.07) is 12.3. The summed E-state index contributed by atoms with van der Waals surface area (Å²) in [5.74, 6) is 0.601. The highest BCUT2D eigenvalue weighted by atomic mass is 16.5. The van der Waals surface area contributed by atoms with E-state index in [9.17, 15) is 9.59 Å². The van der Waals surface area contributed by atoms with Crippen LogP contribution in [-0.2, 0) is 11.2 Å². The van der Waals surface area contributed by atoms with E-state index in [2.05, 4.69) is 6.58 Å². The van der Waals surface area contributed by atoms with Crippen LogP contribution >= 0.6 is 0 Å². The molecule has 0 amide bonds. The molecule has 0 saturated carbocycles. The SMILES string of the molecule is C=CCc1c(OC(C)=O)ccc2c(-c3cccc(OC)c3)cc(=O)oc12. The summed E-state index contributed by atoms with van der Waals surface area (Å²) in [7, 11) is 1.59. The first-order valence-electron chi connectivity index (χ1n) is 8.07. The second-order valence-electron chi connectivity index (χ2n) is 5.72.